The molecule has 2 fully saturated rings. The van der Waals surface area contributed by atoms with Gasteiger partial charge in [-0.05, 0) is 50.3 Å². The molecule has 1 aliphatic heterocycles. The molecule has 4 nitrogen and oxygen atoms in total. The van der Waals surface area contributed by atoms with Crippen molar-refractivity contribution in [2.45, 2.75) is 63.1 Å². The van der Waals surface area contributed by atoms with Crippen molar-refractivity contribution in [1.29, 1.82) is 0 Å². The maximum atomic E-state index is 13.0. The first-order valence-electron chi connectivity index (χ1n) is 8.66. The minimum atomic E-state index is -4.40. The van der Waals surface area contributed by atoms with Gasteiger partial charge in [0.1, 0.15) is 6.10 Å². The van der Waals surface area contributed by atoms with Crippen LogP contribution in [0.4, 0.5) is 13.2 Å². The lowest BCUT2D eigenvalue weighted by atomic mass is 10.0. The lowest BCUT2D eigenvalue weighted by Gasteiger charge is -2.32. The molecule has 2 aliphatic rings. The highest BCUT2D eigenvalue weighted by Gasteiger charge is 2.42. The Morgan fingerprint density at radius 1 is 1.32 bits per heavy atom. The summed E-state index contributed by atoms with van der Waals surface area (Å²) >= 11 is 0. The van der Waals surface area contributed by atoms with E-state index in [-0.39, 0.29) is 18.1 Å². The number of alkyl halides is 3. The van der Waals surface area contributed by atoms with Crippen LogP contribution in [0.2, 0.25) is 0 Å². The minimum absolute atomic E-state index is 0.0811. The molecule has 0 radical (unpaired) electrons. The fourth-order valence-corrected chi connectivity index (χ4v) is 3.40. The van der Waals surface area contributed by atoms with Crippen LogP contribution < -0.4 is 5.73 Å². The third-order valence-electron chi connectivity index (χ3n) is 4.95. The molecule has 1 aromatic carbocycles. The Labute approximate surface area is 145 Å². The van der Waals surface area contributed by atoms with Crippen molar-refractivity contribution in [1.82, 2.24) is 4.90 Å². The molecule has 1 heterocycles. The summed E-state index contributed by atoms with van der Waals surface area (Å²) in [6.07, 6.45) is -1.94. The molecule has 1 saturated heterocycles. The Hall–Kier alpha value is -1.60. The molecule has 2 N–H and O–H groups in total. The second-order valence-corrected chi connectivity index (χ2v) is 6.84. The Kier molecular flexibility index (Phi) is 5.06. The molecule has 0 bridgehead atoms. The first-order valence-corrected chi connectivity index (χ1v) is 8.66. The average molecular weight is 356 g/mol. The Balaban J connectivity index is 1.80. The summed E-state index contributed by atoms with van der Waals surface area (Å²) in [6.45, 7) is 2.15. The van der Waals surface area contributed by atoms with E-state index in [1.807, 2.05) is 0 Å². The topological polar surface area (TPSA) is 55.6 Å². The van der Waals surface area contributed by atoms with Crippen LogP contribution in [-0.2, 0) is 15.7 Å². The molecule has 138 valence electrons. The summed E-state index contributed by atoms with van der Waals surface area (Å²) in [4.78, 5) is 14.6. The number of nitrogens with two attached hydrogens (primary N) is 1. The third kappa shape index (κ3) is 3.98. The molecular weight excluding hydrogens is 333 g/mol. The second-order valence-electron chi connectivity index (χ2n) is 6.84. The van der Waals surface area contributed by atoms with Crippen molar-refractivity contribution in [3.05, 3.63) is 35.4 Å². The van der Waals surface area contributed by atoms with E-state index in [1.54, 1.807) is 17.9 Å². The van der Waals surface area contributed by atoms with Gasteiger partial charge in [0.2, 0.25) is 0 Å². The quantitative estimate of drug-likeness (QED) is 0.881. The van der Waals surface area contributed by atoms with Gasteiger partial charge in [-0.2, -0.15) is 13.2 Å². The van der Waals surface area contributed by atoms with Gasteiger partial charge < -0.3 is 15.4 Å². The predicted octanol–water partition coefficient (Wildman–Crippen LogP) is 3.26. The SMILES string of the molecule is CC(c1cccc(C(F)(F)F)c1)N(C(=O)[C@@H]1CC[C@H](CN)O1)C1CC1. The second kappa shape index (κ2) is 6.96. The maximum Gasteiger partial charge on any atom is 0.416 e. The van der Waals surface area contributed by atoms with Gasteiger partial charge in [-0.15, -0.1) is 0 Å². The van der Waals surface area contributed by atoms with Crippen LogP contribution in [-0.4, -0.2) is 35.6 Å². The summed E-state index contributed by atoms with van der Waals surface area (Å²) in [5.74, 6) is -0.136. The predicted molar refractivity (Wildman–Crippen MR) is 86.7 cm³/mol. The number of benzene rings is 1. The van der Waals surface area contributed by atoms with Gasteiger partial charge >= 0.3 is 6.18 Å². The van der Waals surface area contributed by atoms with Crippen LogP contribution in [0, 0.1) is 0 Å². The van der Waals surface area contributed by atoms with Crippen LogP contribution in [0.25, 0.3) is 0 Å². The number of amides is 1. The minimum Gasteiger partial charge on any atom is -0.364 e. The molecule has 0 aromatic heterocycles. The van der Waals surface area contributed by atoms with Crippen LogP contribution >= 0.6 is 0 Å². The third-order valence-corrected chi connectivity index (χ3v) is 4.95. The van der Waals surface area contributed by atoms with E-state index in [1.165, 1.54) is 6.07 Å². The zero-order valence-electron chi connectivity index (χ0n) is 14.1. The smallest absolute Gasteiger partial charge is 0.364 e. The molecule has 1 aliphatic carbocycles. The average Bonchev–Trinajstić information content (AvgIpc) is 3.29. The molecule has 1 amide bonds. The first-order chi connectivity index (χ1) is 11.8. The van der Waals surface area contributed by atoms with Crippen LogP contribution in [0.1, 0.15) is 49.8 Å². The highest BCUT2D eigenvalue weighted by molar-refractivity contribution is 5.82. The molecule has 1 unspecified atom stereocenters. The van der Waals surface area contributed by atoms with Crippen molar-refractivity contribution in [2.24, 2.45) is 5.73 Å². The Bertz CT molecular complexity index is 631. The molecule has 25 heavy (non-hydrogen) atoms. The standard InChI is InChI=1S/C18H23F3N2O2/c1-11(12-3-2-4-13(9-12)18(19,20)21)23(14-5-6-14)17(24)16-8-7-15(10-22)25-16/h2-4,9,11,14-16H,5-8,10,22H2,1H3/t11?,15-,16+/m1/s1. The fourth-order valence-electron chi connectivity index (χ4n) is 3.40. The van der Waals surface area contributed by atoms with Crippen LogP contribution in [0.5, 0.6) is 0 Å². The number of carbonyl (C=O) groups is 1. The van der Waals surface area contributed by atoms with Gasteiger partial charge in [-0.3, -0.25) is 4.79 Å². The lowest BCUT2D eigenvalue weighted by molar-refractivity contribution is -0.145. The van der Waals surface area contributed by atoms with E-state index in [0.29, 0.717) is 18.5 Å². The largest absolute Gasteiger partial charge is 0.416 e. The van der Waals surface area contributed by atoms with Crippen molar-refractivity contribution < 1.29 is 22.7 Å². The number of halogens is 3. The molecule has 3 rings (SSSR count). The van der Waals surface area contributed by atoms with E-state index in [9.17, 15) is 18.0 Å². The van der Waals surface area contributed by atoms with Gasteiger partial charge in [0.25, 0.3) is 5.91 Å². The van der Waals surface area contributed by atoms with Gasteiger partial charge in [0.15, 0.2) is 0 Å². The number of rotatable bonds is 5. The summed E-state index contributed by atoms with van der Waals surface area (Å²) in [6, 6.07) is 4.86. The highest BCUT2D eigenvalue weighted by Crippen LogP contribution is 2.38. The van der Waals surface area contributed by atoms with E-state index < -0.39 is 23.9 Å². The highest BCUT2D eigenvalue weighted by atomic mass is 19.4. The number of hydrogen-bond donors (Lipinski definition) is 1. The Morgan fingerprint density at radius 2 is 2.04 bits per heavy atom. The molecule has 3 atom stereocenters. The summed E-state index contributed by atoms with van der Waals surface area (Å²) < 4.78 is 44.6. The maximum absolute atomic E-state index is 13.0. The van der Waals surface area contributed by atoms with Crippen molar-refractivity contribution in [3.8, 4) is 0 Å². The van der Waals surface area contributed by atoms with Crippen LogP contribution in [0.3, 0.4) is 0 Å². The Morgan fingerprint density at radius 3 is 2.60 bits per heavy atom. The first kappa shape index (κ1) is 18.2. The summed E-state index contributed by atoms with van der Waals surface area (Å²) in [5.41, 5.74) is 5.39. The normalized spacial score (nSPS) is 25.0. The molecule has 0 spiro atoms. The van der Waals surface area contributed by atoms with Gasteiger partial charge in [0, 0.05) is 12.6 Å². The van der Waals surface area contributed by atoms with Crippen molar-refractivity contribution >= 4 is 5.91 Å². The molecule has 7 heteroatoms. The van der Waals surface area contributed by atoms with Crippen LogP contribution in [0.15, 0.2) is 24.3 Å². The summed E-state index contributed by atoms with van der Waals surface area (Å²) in [5, 5.41) is 0. The van der Waals surface area contributed by atoms with E-state index in [2.05, 4.69) is 0 Å². The van der Waals surface area contributed by atoms with Gasteiger partial charge in [0.05, 0.1) is 17.7 Å². The zero-order valence-corrected chi connectivity index (χ0v) is 14.1. The van der Waals surface area contributed by atoms with Crippen molar-refractivity contribution in [3.63, 3.8) is 0 Å². The van der Waals surface area contributed by atoms with E-state index in [4.69, 9.17) is 10.5 Å². The molecule has 1 aromatic rings. The van der Waals surface area contributed by atoms with E-state index in [0.717, 1.165) is 31.4 Å². The fraction of sp³-hybridized carbons (Fsp3) is 0.611. The van der Waals surface area contributed by atoms with Crippen molar-refractivity contribution in [2.75, 3.05) is 6.54 Å². The van der Waals surface area contributed by atoms with E-state index >= 15 is 0 Å². The summed E-state index contributed by atoms with van der Waals surface area (Å²) in [7, 11) is 0. The number of ether oxygens (including phenoxy) is 1. The lowest BCUT2D eigenvalue weighted by Crippen LogP contribution is -2.42. The number of hydrogen-bond acceptors (Lipinski definition) is 3. The molecule has 1 saturated carbocycles. The van der Waals surface area contributed by atoms with Gasteiger partial charge in [-0.1, -0.05) is 12.1 Å². The van der Waals surface area contributed by atoms with Gasteiger partial charge in [-0.25, -0.2) is 0 Å². The number of carbonyl (C=O) groups excluding carboxylic acids is 1. The monoisotopic (exact) mass is 356 g/mol. The number of nitrogens with zero attached hydrogens (tertiary/aromatic N) is 1. The zero-order chi connectivity index (χ0) is 18.2. The molecular formula is C18H23F3N2O2.